The molecular formula is C16H23NO. The summed E-state index contributed by atoms with van der Waals surface area (Å²) in [6.07, 6.45) is 1.76. The Hall–Kier alpha value is -1.57. The lowest BCUT2D eigenvalue weighted by atomic mass is 9.96. The Balaban J connectivity index is 3.17. The van der Waals surface area contributed by atoms with Crippen LogP contribution < -0.4 is 0 Å². The molecule has 1 aromatic carbocycles. The Morgan fingerprint density at radius 3 is 2.33 bits per heavy atom. The molecule has 0 fully saturated rings. The van der Waals surface area contributed by atoms with Crippen molar-refractivity contribution in [3.8, 4) is 0 Å². The van der Waals surface area contributed by atoms with Crippen LogP contribution in [0, 0.1) is 0 Å². The molecule has 0 bridgehead atoms. The van der Waals surface area contributed by atoms with Crippen LogP contribution in [0.3, 0.4) is 0 Å². The number of hydrogen-bond donors (Lipinski definition) is 0. The Morgan fingerprint density at radius 1 is 1.28 bits per heavy atom. The molecule has 0 atom stereocenters. The van der Waals surface area contributed by atoms with Crippen molar-refractivity contribution in [2.75, 3.05) is 7.05 Å². The quantitative estimate of drug-likeness (QED) is 0.787. The summed E-state index contributed by atoms with van der Waals surface area (Å²) < 4.78 is 0. The third-order valence-corrected chi connectivity index (χ3v) is 3.29. The summed E-state index contributed by atoms with van der Waals surface area (Å²) in [4.78, 5) is 14.1. The van der Waals surface area contributed by atoms with Crippen LogP contribution in [0.25, 0.3) is 6.08 Å². The number of hydrogen-bond acceptors (Lipinski definition) is 1. The van der Waals surface area contributed by atoms with Crippen LogP contribution >= 0.6 is 0 Å². The number of carbonyl (C=O) groups is 1. The predicted molar refractivity (Wildman–Crippen MR) is 77.9 cm³/mol. The topological polar surface area (TPSA) is 20.3 Å². The van der Waals surface area contributed by atoms with Gasteiger partial charge >= 0.3 is 0 Å². The maximum atomic E-state index is 12.3. The molecule has 0 aromatic heterocycles. The van der Waals surface area contributed by atoms with Gasteiger partial charge in [-0.2, -0.15) is 0 Å². The molecule has 2 nitrogen and oxygen atoms in total. The molecule has 0 heterocycles. The Morgan fingerprint density at radius 2 is 1.89 bits per heavy atom. The van der Waals surface area contributed by atoms with Crippen molar-refractivity contribution in [2.24, 2.45) is 0 Å². The van der Waals surface area contributed by atoms with E-state index in [-0.39, 0.29) is 11.9 Å². The minimum atomic E-state index is 0.0511. The Kier molecular flexibility index (Phi) is 4.71. The number of benzene rings is 1. The van der Waals surface area contributed by atoms with Crippen LogP contribution in [0.2, 0.25) is 0 Å². The van der Waals surface area contributed by atoms with Gasteiger partial charge in [-0.1, -0.05) is 38.6 Å². The Labute approximate surface area is 110 Å². The number of amides is 1. The lowest BCUT2D eigenvalue weighted by Gasteiger charge is -2.22. The van der Waals surface area contributed by atoms with Gasteiger partial charge in [0.2, 0.25) is 0 Å². The van der Waals surface area contributed by atoms with Crippen LogP contribution in [0.5, 0.6) is 0 Å². The molecular weight excluding hydrogens is 222 g/mol. The van der Waals surface area contributed by atoms with Crippen LogP contribution in [0.4, 0.5) is 0 Å². The monoisotopic (exact) mass is 245 g/mol. The minimum absolute atomic E-state index is 0.0511. The van der Waals surface area contributed by atoms with Gasteiger partial charge in [0.05, 0.1) is 0 Å². The third kappa shape index (κ3) is 3.00. The van der Waals surface area contributed by atoms with Gasteiger partial charge in [-0.15, -0.1) is 0 Å². The molecule has 1 rings (SSSR count). The summed E-state index contributed by atoms with van der Waals surface area (Å²) >= 11 is 0. The van der Waals surface area contributed by atoms with E-state index in [4.69, 9.17) is 0 Å². The molecule has 0 spiro atoms. The van der Waals surface area contributed by atoms with Crippen molar-refractivity contribution < 1.29 is 4.79 Å². The highest BCUT2D eigenvalue weighted by molar-refractivity contribution is 5.97. The van der Waals surface area contributed by atoms with Gasteiger partial charge in [0.15, 0.2) is 0 Å². The zero-order valence-corrected chi connectivity index (χ0v) is 12.0. The summed E-state index contributed by atoms with van der Waals surface area (Å²) in [7, 11) is 1.83. The molecule has 98 valence electrons. The first-order valence-electron chi connectivity index (χ1n) is 6.42. The molecule has 0 saturated heterocycles. The van der Waals surface area contributed by atoms with Gasteiger partial charge < -0.3 is 4.90 Å². The van der Waals surface area contributed by atoms with Gasteiger partial charge in [-0.3, -0.25) is 4.79 Å². The highest BCUT2D eigenvalue weighted by Gasteiger charge is 2.17. The molecule has 0 aliphatic carbocycles. The zero-order chi connectivity index (χ0) is 13.9. The standard InChI is InChI=1S/C16H23NO/c1-7-13-10-14(11(2)3)8-9-15(13)16(18)17(6)12(4)5/h7-12H,1H2,2-6H3. The van der Waals surface area contributed by atoms with Gasteiger partial charge in [0.1, 0.15) is 0 Å². The Bertz CT molecular complexity index is 446. The summed E-state index contributed by atoms with van der Waals surface area (Å²) in [5.74, 6) is 0.505. The minimum Gasteiger partial charge on any atom is -0.339 e. The van der Waals surface area contributed by atoms with E-state index in [1.807, 2.05) is 33.0 Å². The first-order chi connectivity index (χ1) is 8.38. The van der Waals surface area contributed by atoms with Crippen LogP contribution in [-0.2, 0) is 0 Å². The van der Waals surface area contributed by atoms with E-state index in [2.05, 4.69) is 26.5 Å². The fraction of sp³-hybridized carbons (Fsp3) is 0.438. The lowest BCUT2D eigenvalue weighted by molar-refractivity contribution is 0.0754. The van der Waals surface area contributed by atoms with E-state index in [0.717, 1.165) is 11.1 Å². The summed E-state index contributed by atoms with van der Waals surface area (Å²) in [5, 5.41) is 0. The van der Waals surface area contributed by atoms with Crippen molar-refractivity contribution in [3.05, 3.63) is 41.5 Å². The average molecular weight is 245 g/mol. The van der Waals surface area contributed by atoms with E-state index < -0.39 is 0 Å². The first-order valence-corrected chi connectivity index (χ1v) is 6.42. The highest BCUT2D eigenvalue weighted by Crippen LogP contribution is 2.21. The van der Waals surface area contributed by atoms with Crippen molar-refractivity contribution in [1.29, 1.82) is 0 Å². The number of carbonyl (C=O) groups excluding carboxylic acids is 1. The van der Waals surface area contributed by atoms with E-state index in [1.54, 1.807) is 11.0 Å². The molecule has 2 heteroatoms. The molecule has 0 radical (unpaired) electrons. The van der Waals surface area contributed by atoms with Crippen LogP contribution in [0.1, 0.15) is 55.1 Å². The maximum absolute atomic E-state index is 12.3. The molecule has 0 aliphatic heterocycles. The fourth-order valence-corrected chi connectivity index (χ4v) is 1.73. The molecule has 0 unspecified atom stereocenters. The second-order valence-electron chi connectivity index (χ2n) is 5.22. The van der Waals surface area contributed by atoms with Crippen molar-refractivity contribution in [3.63, 3.8) is 0 Å². The highest BCUT2D eigenvalue weighted by atomic mass is 16.2. The largest absolute Gasteiger partial charge is 0.339 e. The fourth-order valence-electron chi connectivity index (χ4n) is 1.73. The summed E-state index contributed by atoms with van der Waals surface area (Å²) in [5.41, 5.74) is 2.87. The summed E-state index contributed by atoms with van der Waals surface area (Å²) in [6, 6.07) is 6.19. The number of rotatable bonds is 4. The molecule has 18 heavy (non-hydrogen) atoms. The third-order valence-electron chi connectivity index (χ3n) is 3.29. The van der Waals surface area contributed by atoms with Gasteiger partial charge in [-0.25, -0.2) is 0 Å². The van der Waals surface area contributed by atoms with Crippen molar-refractivity contribution in [2.45, 2.75) is 39.7 Å². The second-order valence-corrected chi connectivity index (χ2v) is 5.22. The number of nitrogens with zero attached hydrogens (tertiary/aromatic N) is 1. The molecule has 1 aromatic rings. The van der Waals surface area contributed by atoms with Gasteiger partial charge in [0, 0.05) is 18.7 Å². The van der Waals surface area contributed by atoms with Crippen LogP contribution in [-0.4, -0.2) is 23.9 Å². The predicted octanol–water partition coefficient (Wildman–Crippen LogP) is 3.93. The van der Waals surface area contributed by atoms with E-state index in [1.165, 1.54) is 5.56 Å². The van der Waals surface area contributed by atoms with Crippen molar-refractivity contribution in [1.82, 2.24) is 4.90 Å². The molecule has 0 saturated carbocycles. The van der Waals surface area contributed by atoms with Crippen molar-refractivity contribution >= 4 is 12.0 Å². The normalized spacial score (nSPS) is 10.8. The van der Waals surface area contributed by atoms with Gasteiger partial charge in [0.25, 0.3) is 5.91 Å². The van der Waals surface area contributed by atoms with E-state index in [0.29, 0.717) is 5.92 Å². The first kappa shape index (κ1) is 14.5. The lowest BCUT2D eigenvalue weighted by Crippen LogP contribution is -2.33. The SMILES string of the molecule is C=Cc1cc(C(C)C)ccc1C(=O)N(C)C(C)C. The van der Waals surface area contributed by atoms with E-state index in [9.17, 15) is 4.79 Å². The van der Waals surface area contributed by atoms with Crippen LogP contribution in [0.15, 0.2) is 24.8 Å². The maximum Gasteiger partial charge on any atom is 0.254 e. The summed E-state index contributed by atoms with van der Waals surface area (Å²) in [6.45, 7) is 12.1. The smallest absolute Gasteiger partial charge is 0.254 e. The average Bonchev–Trinajstić information content (AvgIpc) is 2.35. The van der Waals surface area contributed by atoms with Gasteiger partial charge in [-0.05, 0) is 37.0 Å². The molecule has 1 amide bonds. The van der Waals surface area contributed by atoms with E-state index >= 15 is 0 Å². The molecule has 0 aliphatic rings. The zero-order valence-electron chi connectivity index (χ0n) is 12.0. The molecule has 0 N–H and O–H groups in total. The second kappa shape index (κ2) is 5.85.